The molecule has 0 fully saturated rings. The van der Waals surface area contributed by atoms with Gasteiger partial charge in [0.1, 0.15) is 6.61 Å². The van der Waals surface area contributed by atoms with E-state index in [1.54, 1.807) is 0 Å². The summed E-state index contributed by atoms with van der Waals surface area (Å²) in [4.78, 5) is 43.0. The zero-order chi connectivity index (χ0) is 41.1. The van der Waals surface area contributed by atoms with Gasteiger partial charge in [-0.3, -0.25) is 14.1 Å². The monoisotopic (exact) mass is 815 g/mol. The molecular formula is C47H91O8P. The van der Waals surface area contributed by atoms with E-state index < -0.39 is 32.5 Å². The van der Waals surface area contributed by atoms with Gasteiger partial charge in [-0.15, -0.1) is 0 Å². The van der Waals surface area contributed by atoms with Gasteiger partial charge in [-0.25, -0.2) is 4.57 Å². The van der Waals surface area contributed by atoms with Crippen LogP contribution in [0.15, 0.2) is 12.2 Å². The topological polar surface area (TPSA) is 119 Å². The highest BCUT2D eigenvalue weighted by Gasteiger charge is 2.23. The smallest absolute Gasteiger partial charge is 0.462 e. The fourth-order valence-corrected chi connectivity index (χ4v) is 7.55. The minimum absolute atomic E-state index is 0.211. The Balaban J connectivity index is 3.77. The Morgan fingerprint density at radius 2 is 0.750 bits per heavy atom. The molecule has 0 heterocycles. The molecule has 0 radical (unpaired) electrons. The molecule has 0 aromatic carbocycles. The fraction of sp³-hybridized carbons (Fsp3) is 0.915. The lowest BCUT2D eigenvalue weighted by Gasteiger charge is -2.18. The minimum atomic E-state index is -4.75. The SMILES string of the molecule is CCCCCC/C=C/CCCCCCCCCC(=O)O[C@H](COC(=O)CCCCCCCCCCCCCCCCCCCCCCCCC)COP(=O)(O)O. The Hall–Kier alpha value is -1.21. The van der Waals surface area contributed by atoms with Crippen LogP contribution in [0.2, 0.25) is 0 Å². The van der Waals surface area contributed by atoms with Gasteiger partial charge in [0.25, 0.3) is 0 Å². The van der Waals surface area contributed by atoms with Crippen LogP contribution in [0.4, 0.5) is 0 Å². The number of esters is 2. The predicted molar refractivity (Wildman–Crippen MR) is 235 cm³/mol. The number of phosphoric ester groups is 1. The number of carbonyl (C=O) groups is 2. The molecule has 0 aromatic heterocycles. The normalized spacial score (nSPS) is 12.4. The second-order valence-corrected chi connectivity index (χ2v) is 17.7. The van der Waals surface area contributed by atoms with Gasteiger partial charge in [0.2, 0.25) is 0 Å². The summed E-state index contributed by atoms with van der Waals surface area (Å²) in [5.74, 6) is -0.874. The highest BCUT2D eigenvalue weighted by molar-refractivity contribution is 7.46. The first-order valence-electron chi connectivity index (χ1n) is 24.0. The first kappa shape index (κ1) is 54.8. The van der Waals surface area contributed by atoms with E-state index in [0.717, 1.165) is 44.9 Å². The van der Waals surface area contributed by atoms with Crippen molar-refractivity contribution < 1.29 is 37.9 Å². The molecule has 8 nitrogen and oxygen atoms in total. The van der Waals surface area contributed by atoms with Gasteiger partial charge in [-0.05, 0) is 38.5 Å². The van der Waals surface area contributed by atoms with Crippen LogP contribution in [0, 0.1) is 0 Å². The molecule has 0 unspecified atom stereocenters. The highest BCUT2D eigenvalue weighted by atomic mass is 31.2. The summed E-state index contributed by atoms with van der Waals surface area (Å²) in [5, 5.41) is 0. The molecule has 0 aliphatic rings. The van der Waals surface area contributed by atoms with E-state index in [2.05, 4.69) is 30.5 Å². The third-order valence-electron chi connectivity index (χ3n) is 10.8. The molecule has 0 aromatic rings. The van der Waals surface area contributed by atoms with Gasteiger partial charge in [0.05, 0.1) is 6.61 Å². The van der Waals surface area contributed by atoms with E-state index in [0.29, 0.717) is 6.42 Å². The van der Waals surface area contributed by atoms with E-state index in [-0.39, 0.29) is 19.4 Å². The van der Waals surface area contributed by atoms with Crippen molar-refractivity contribution in [3.8, 4) is 0 Å². The first-order valence-corrected chi connectivity index (χ1v) is 25.5. The number of hydrogen-bond acceptors (Lipinski definition) is 6. The van der Waals surface area contributed by atoms with Crippen LogP contribution >= 0.6 is 7.82 Å². The summed E-state index contributed by atoms with van der Waals surface area (Å²) in [7, 11) is -4.75. The maximum Gasteiger partial charge on any atom is 0.469 e. The van der Waals surface area contributed by atoms with Crippen molar-refractivity contribution in [2.24, 2.45) is 0 Å². The molecule has 2 N–H and O–H groups in total. The molecule has 56 heavy (non-hydrogen) atoms. The van der Waals surface area contributed by atoms with Crippen molar-refractivity contribution in [2.75, 3.05) is 13.2 Å². The quantitative estimate of drug-likeness (QED) is 0.0270. The second kappa shape index (κ2) is 43.4. The Kier molecular flexibility index (Phi) is 42.4. The maximum absolute atomic E-state index is 12.4. The molecule has 0 bridgehead atoms. The molecule has 0 saturated heterocycles. The van der Waals surface area contributed by atoms with Crippen molar-refractivity contribution >= 4 is 19.8 Å². The van der Waals surface area contributed by atoms with Crippen molar-refractivity contribution in [3.05, 3.63) is 12.2 Å². The Morgan fingerprint density at radius 3 is 1.11 bits per heavy atom. The largest absolute Gasteiger partial charge is 0.469 e. The molecule has 1 atom stereocenters. The van der Waals surface area contributed by atoms with E-state index >= 15 is 0 Å². The third-order valence-corrected chi connectivity index (χ3v) is 11.3. The van der Waals surface area contributed by atoms with Gasteiger partial charge < -0.3 is 19.3 Å². The number of ether oxygens (including phenoxy) is 2. The molecule has 0 rings (SSSR count). The number of carbonyl (C=O) groups excluding carboxylic acids is 2. The average Bonchev–Trinajstić information content (AvgIpc) is 3.17. The van der Waals surface area contributed by atoms with Crippen LogP contribution < -0.4 is 0 Å². The average molecular weight is 815 g/mol. The molecule has 0 aliphatic carbocycles. The summed E-state index contributed by atoms with van der Waals surface area (Å²) >= 11 is 0. The van der Waals surface area contributed by atoms with Crippen molar-refractivity contribution in [2.45, 2.75) is 264 Å². The van der Waals surface area contributed by atoms with Crippen LogP contribution in [-0.4, -0.2) is 41.0 Å². The standard InChI is InChI=1S/C47H91O8P/c1-3-5-7-9-11-13-15-17-19-20-21-22-23-24-25-26-28-29-31-33-35-37-39-41-46(48)53-43-45(44-54-56(50,51)52)55-47(49)42-40-38-36-34-32-30-27-18-16-14-12-10-8-6-4-2/h14,16,45H,3-13,15,17-44H2,1-2H3,(H2,50,51,52)/b16-14+/t45-/m1/s1. The lowest BCUT2D eigenvalue weighted by molar-refractivity contribution is -0.161. The number of unbranched alkanes of at least 4 members (excludes halogenated alkanes) is 33. The van der Waals surface area contributed by atoms with Crippen molar-refractivity contribution in [1.82, 2.24) is 0 Å². The summed E-state index contributed by atoms with van der Waals surface area (Å²) in [6.45, 7) is 3.71. The summed E-state index contributed by atoms with van der Waals surface area (Å²) in [5.41, 5.74) is 0. The molecule has 0 aliphatic heterocycles. The number of phosphoric acid groups is 1. The van der Waals surface area contributed by atoms with E-state index in [1.165, 1.54) is 180 Å². The Bertz CT molecular complexity index is 920. The minimum Gasteiger partial charge on any atom is -0.462 e. The molecule has 0 saturated carbocycles. The molecule has 9 heteroatoms. The van der Waals surface area contributed by atoms with Gasteiger partial charge in [-0.1, -0.05) is 219 Å². The molecule has 0 spiro atoms. The molecule has 0 amide bonds. The number of hydrogen-bond donors (Lipinski definition) is 2. The predicted octanol–water partition coefficient (Wildman–Crippen LogP) is 15.0. The Labute approximate surface area is 346 Å². The van der Waals surface area contributed by atoms with Gasteiger partial charge in [0, 0.05) is 12.8 Å². The highest BCUT2D eigenvalue weighted by Crippen LogP contribution is 2.36. The van der Waals surface area contributed by atoms with Crippen molar-refractivity contribution in [3.63, 3.8) is 0 Å². The lowest BCUT2D eigenvalue weighted by Crippen LogP contribution is -2.29. The zero-order valence-corrected chi connectivity index (χ0v) is 37.7. The maximum atomic E-state index is 12.4. The van der Waals surface area contributed by atoms with Crippen LogP contribution in [0.5, 0.6) is 0 Å². The van der Waals surface area contributed by atoms with E-state index in [1.807, 2.05) is 0 Å². The number of rotatable bonds is 45. The van der Waals surface area contributed by atoms with Crippen LogP contribution in [0.3, 0.4) is 0 Å². The number of allylic oxidation sites excluding steroid dienone is 2. The van der Waals surface area contributed by atoms with Gasteiger partial charge in [0.15, 0.2) is 6.10 Å². The summed E-state index contributed by atoms with van der Waals surface area (Å²) in [6, 6.07) is 0. The Morgan fingerprint density at radius 1 is 0.446 bits per heavy atom. The summed E-state index contributed by atoms with van der Waals surface area (Å²) in [6.07, 6.45) is 49.5. The third kappa shape index (κ3) is 45.5. The van der Waals surface area contributed by atoms with Crippen molar-refractivity contribution in [1.29, 1.82) is 0 Å². The van der Waals surface area contributed by atoms with E-state index in [4.69, 9.17) is 19.3 Å². The molecule has 332 valence electrons. The zero-order valence-electron chi connectivity index (χ0n) is 36.8. The first-order chi connectivity index (χ1) is 27.3. The summed E-state index contributed by atoms with van der Waals surface area (Å²) < 4.78 is 26.5. The lowest BCUT2D eigenvalue weighted by atomic mass is 10.0. The van der Waals surface area contributed by atoms with Gasteiger partial charge in [-0.2, -0.15) is 0 Å². The molecular weight excluding hydrogens is 723 g/mol. The van der Waals surface area contributed by atoms with E-state index in [9.17, 15) is 14.2 Å². The van der Waals surface area contributed by atoms with Crippen LogP contribution in [0.1, 0.15) is 258 Å². The van der Waals surface area contributed by atoms with Gasteiger partial charge >= 0.3 is 19.8 Å². The second-order valence-electron chi connectivity index (χ2n) is 16.4. The van der Waals surface area contributed by atoms with Crippen LogP contribution in [0.25, 0.3) is 0 Å². The fourth-order valence-electron chi connectivity index (χ4n) is 7.19. The van der Waals surface area contributed by atoms with Crippen LogP contribution in [-0.2, 0) is 28.2 Å².